The molecule has 3 aromatic heterocycles. The molecule has 6 nitrogen and oxygen atoms in total. The van der Waals surface area contributed by atoms with E-state index in [4.69, 9.17) is 15.6 Å². The number of benzene rings is 1. The van der Waals surface area contributed by atoms with Gasteiger partial charge >= 0.3 is 0 Å². The Labute approximate surface area is 138 Å². The Morgan fingerprint density at radius 1 is 0.917 bits per heavy atom. The third-order valence-corrected chi connectivity index (χ3v) is 3.84. The van der Waals surface area contributed by atoms with Crippen molar-refractivity contribution in [2.45, 2.75) is 0 Å². The summed E-state index contributed by atoms with van der Waals surface area (Å²) in [6.45, 7) is 0. The lowest BCUT2D eigenvalue weighted by atomic mass is 10.0. The SMILES string of the molecule is COc1ccc(-c2c(-c3ccccc3)nn3c(N)cccc23)nn1. The van der Waals surface area contributed by atoms with Crippen molar-refractivity contribution in [2.24, 2.45) is 0 Å². The maximum absolute atomic E-state index is 6.08. The maximum Gasteiger partial charge on any atom is 0.233 e. The van der Waals surface area contributed by atoms with E-state index in [0.29, 0.717) is 11.7 Å². The van der Waals surface area contributed by atoms with Crippen molar-refractivity contribution in [3.63, 3.8) is 0 Å². The van der Waals surface area contributed by atoms with E-state index in [2.05, 4.69) is 10.2 Å². The van der Waals surface area contributed by atoms with Gasteiger partial charge < -0.3 is 10.5 Å². The molecule has 0 unspecified atom stereocenters. The van der Waals surface area contributed by atoms with Crippen LogP contribution in [0.2, 0.25) is 0 Å². The number of pyridine rings is 1. The predicted molar refractivity (Wildman–Crippen MR) is 92.6 cm³/mol. The van der Waals surface area contributed by atoms with Crippen molar-refractivity contribution in [3.05, 3.63) is 60.7 Å². The van der Waals surface area contributed by atoms with Gasteiger partial charge in [0, 0.05) is 11.6 Å². The first-order valence-corrected chi connectivity index (χ1v) is 7.48. The Bertz CT molecular complexity index is 993. The molecule has 24 heavy (non-hydrogen) atoms. The fourth-order valence-electron chi connectivity index (χ4n) is 2.70. The molecule has 0 aliphatic rings. The predicted octanol–water partition coefficient (Wildman–Crippen LogP) is 3.05. The van der Waals surface area contributed by atoms with E-state index >= 15 is 0 Å². The highest BCUT2D eigenvalue weighted by molar-refractivity contribution is 5.91. The number of nitrogens with two attached hydrogens (primary N) is 1. The average Bonchev–Trinajstić information content (AvgIpc) is 3.03. The molecule has 0 saturated heterocycles. The Balaban J connectivity index is 2.02. The van der Waals surface area contributed by atoms with Crippen LogP contribution in [0, 0.1) is 0 Å². The van der Waals surface area contributed by atoms with Crippen LogP contribution in [0.15, 0.2) is 60.7 Å². The molecule has 0 fully saturated rings. The first-order valence-electron chi connectivity index (χ1n) is 7.48. The van der Waals surface area contributed by atoms with Crippen LogP contribution < -0.4 is 10.5 Å². The average molecular weight is 317 g/mol. The largest absolute Gasteiger partial charge is 0.480 e. The first-order chi connectivity index (χ1) is 11.8. The van der Waals surface area contributed by atoms with Gasteiger partial charge in [-0.05, 0) is 18.2 Å². The van der Waals surface area contributed by atoms with E-state index in [1.54, 1.807) is 17.7 Å². The monoisotopic (exact) mass is 317 g/mol. The second-order valence-electron chi connectivity index (χ2n) is 5.30. The number of nitrogen functional groups attached to an aromatic ring is 1. The lowest BCUT2D eigenvalue weighted by molar-refractivity contribution is 0.392. The Kier molecular flexibility index (Phi) is 3.35. The highest BCUT2D eigenvalue weighted by Crippen LogP contribution is 2.34. The summed E-state index contributed by atoms with van der Waals surface area (Å²) < 4.78 is 6.82. The molecule has 3 heterocycles. The van der Waals surface area contributed by atoms with E-state index in [0.717, 1.165) is 28.0 Å². The lowest BCUT2D eigenvalue weighted by Gasteiger charge is -2.03. The van der Waals surface area contributed by atoms with Gasteiger partial charge in [-0.15, -0.1) is 10.2 Å². The molecule has 0 amide bonds. The second kappa shape index (κ2) is 5.66. The van der Waals surface area contributed by atoms with Crippen LogP contribution in [0.25, 0.3) is 28.0 Å². The molecule has 1 aromatic carbocycles. The van der Waals surface area contributed by atoms with Gasteiger partial charge in [0.2, 0.25) is 5.88 Å². The summed E-state index contributed by atoms with van der Waals surface area (Å²) in [5.41, 5.74) is 10.4. The fraction of sp³-hybridized carbons (Fsp3) is 0.0556. The molecule has 0 atom stereocenters. The summed E-state index contributed by atoms with van der Waals surface area (Å²) in [6, 6.07) is 19.3. The number of hydrogen-bond acceptors (Lipinski definition) is 5. The standard InChI is InChI=1S/C18H15N5O/c1-24-16-11-10-13(20-21-16)17-14-8-5-9-15(19)23(14)22-18(17)12-6-3-2-4-7-12/h2-11H,19H2,1H3. The van der Waals surface area contributed by atoms with Crippen molar-refractivity contribution in [1.82, 2.24) is 19.8 Å². The number of anilines is 1. The summed E-state index contributed by atoms with van der Waals surface area (Å²) in [7, 11) is 1.56. The number of rotatable bonds is 3. The van der Waals surface area contributed by atoms with Gasteiger partial charge in [-0.25, -0.2) is 4.52 Å². The van der Waals surface area contributed by atoms with E-state index < -0.39 is 0 Å². The van der Waals surface area contributed by atoms with Gasteiger partial charge in [0.25, 0.3) is 0 Å². The molecule has 118 valence electrons. The molecule has 0 radical (unpaired) electrons. The van der Waals surface area contributed by atoms with Crippen LogP contribution in [0.5, 0.6) is 5.88 Å². The summed E-state index contributed by atoms with van der Waals surface area (Å²) in [6.07, 6.45) is 0. The third-order valence-electron chi connectivity index (χ3n) is 3.84. The molecule has 0 aliphatic carbocycles. The molecular formula is C18H15N5O. The molecule has 0 spiro atoms. The van der Waals surface area contributed by atoms with Crippen LogP contribution in [0.1, 0.15) is 0 Å². The number of hydrogen-bond donors (Lipinski definition) is 1. The van der Waals surface area contributed by atoms with Gasteiger partial charge in [0.05, 0.1) is 23.9 Å². The zero-order valence-electron chi connectivity index (χ0n) is 13.0. The molecular weight excluding hydrogens is 302 g/mol. The third kappa shape index (κ3) is 2.25. The highest BCUT2D eigenvalue weighted by Gasteiger charge is 2.18. The van der Waals surface area contributed by atoms with Crippen LogP contribution >= 0.6 is 0 Å². The van der Waals surface area contributed by atoms with Gasteiger partial charge in [-0.3, -0.25) is 0 Å². The molecule has 0 aliphatic heterocycles. The van der Waals surface area contributed by atoms with Crippen molar-refractivity contribution in [3.8, 4) is 28.4 Å². The highest BCUT2D eigenvalue weighted by atomic mass is 16.5. The number of fused-ring (bicyclic) bond motifs is 1. The normalized spacial score (nSPS) is 10.9. The Morgan fingerprint density at radius 2 is 1.75 bits per heavy atom. The van der Waals surface area contributed by atoms with Crippen molar-refractivity contribution in [2.75, 3.05) is 12.8 Å². The van der Waals surface area contributed by atoms with Crippen molar-refractivity contribution >= 4 is 11.3 Å². The van der Waals surface area contributed by atoms with Crippen molar-refractivity contribution in [1.29, 1.82) is 0 Å². The van der Waals surface area contributed by atoms with Gasteiger partial charge in [0.1, 0.15) is 11.5 Å². The molecule has 4 rings (SSSR count). The summed E-state index contributed by atoms with van der Waals surface area (Å²) in [4.78, 5) is 0. The lowest BCUT2D eigenvalue weighted by Crippen LogP contribution is -1.97. The number of aromatic nitrogens is 4. The van der Waals surface area contributed by atoms with E-state index in [9.17, 15) is 0 Å². The minimum atomic E-state index is 0.469. The van der Waals surface area contributed by atoms with Crippen LogP contribution in [-0.2, 0) is 0 Å². The summed E-state index contributed by atoms with van der Waals surface area (Å²) >= 11 is 0. The smallest absolute Gasteiger partial charge is 0.233 e. The number of methoxy groups -OCH3 is 1. The van der Waals surface area contributed by atoms with E-state index in [1.807, 2.05) is 54.6 Å². The fourth-order valence-corrected chi connectivity index (χ4v) is 2.70. The Morgan fingerprint density at radius 3 is 2.46 bits per heavy atom. The van der Waals surface area contributed by atoms with E-state index in [1.165, 1.54) is 0 Å². The molecule has 0 bridgehead atoms. The summed E-state index contributed by atoms with van der Waals surface area (Å²) in [5.74, 6) is 1.04. The minimum Gasteiger partial charge on any atom is -0.480 e. The van der Waals surface area contributed by atoms with Crippen LogP contribution in [0.3, 0.4) is 0 Å². The zero-order chi connectivity index (χ0) is 16.5. The zero-order valence-corrected chi connectivity index (χ0v) is 13.0. The van der Waals surface area contributed by atoms with Crippen molar-refractivity contribution < 1.29 is 4.74 Å². The van der Waals surface area contributed by atoms with E-state index in [-0.39, 0.29) is 0 Å². The first kappa shape index (κ1) is 14.2. The summed E-state index contributed by atoms with van der Waals surface area (Å²) in [5, 5.41) is 13.1. The molecule has 6 heteroatoms. The quantitative estimate of drug-likeness (QED) is 0.628. The molecule has 2 N–H and O–H groups in total. The number of ether oxygens (including phenoxy) is 1. The second-order valence-corrected chi connectivity index (χ2v) is 5.30. The van der Waals surface area contributed by atoms with Crippen LogP contribution in [-0.4, -0.2) is 26.9 Å². The minimum absolute atomic E-state index is 0.469. The van der Waals surface area contributed by atoms with Gasteiger partial charge in [0.15, 0.2) is 0 Å². The van der Waals surface area contributed by atoms with Crippen LogP contribution in [0.4, 0.5) is 5.82 Å². The molecule has 0 saturated carbocycles. The molecule has 4 aromatic rings. The number of nitrogens with zero attached hydrogens (tertiary/aromatic N) is 4. The maximum atomic E-state index is 6.08. The van der Waals surface area contributed by atoms with Gasteiger partial charge in [-0.2, -0.15) is 5.10 Å². The van der Waals surface area contributed by atoms with Gasteiger partial charge in [-0.1, -0.05) is 36.4 Å². The Hall–Kier alpha value is -3.41. The topological polar surface area (TPSA) is 78.3 Å².